The van der Waals surface area contributed by atoms with Crippen LogP contribution in [0.25, 0.3) is 5.65 Å². The highest BCUT2D eigenvalue weighted by molar-refractivity contribution is 5.93. The summed E-state index contributed by atoms with van der Waals surface area (Å²) < 4.78 is 3.31. The summed E-state index contributed by atoms with van der Waals surface area (Å²) in [7, 11) is 1.66. The van der Waals surface area contributed by atoms with Gasteiger partial charge < -0.3 is 9.47 Å². The highest BCUT2D eigenvalue weighted by Gasteiger charge is 2.30. The van der Waals surface area contributed by atoms with Gasteiger partial charge in [0.15, 0.2) is 11.5 Å². The lowest BCUT2D eigenvalue weighted by atomic mass is 9.95. The van der Waals surface area contributed by atoms with E-state index >= 15 is 0 Å². The first kappa shape index (κ1) is 17.1. The van der Waals surface area contributed by atoms with Crippen molar-refractivity contribution in [3.63, 3.8) is 0 Å². The SMILES string of the molecule is Cn1cccc(C(=O)N2CCC(c3nnc4ccc(C5CC5)nn34)CC2)c1=O. The molecule has 0 spiro atoms. The zero-order valence-electron chi connectivity index (χ0n) is 15.8. The molecule has 28 heavy (non-hydrogen) atoms. The van der Waals surface area contributed by atoms with Crippen LogP contribution in [-0.4, -0.2) is 48.3 Å². The largest absolute Gasteiger partial charge is 0.338 e. The molecule has 8 heteroatoms. The van der Waals surface area contributed by atoms with E-state index < -0.39 is 0 Å². The molecule has 0 aromatic carbocycles. The molecule has 3 aromatic rings. The predicted octanol–water partition coefficient (Wildman–Crippen LogP) is 1.72. The molecule has 0 unspecified atom stereocenters. The average Bonchev–Trinajstić information content (AvgIpc) is 3.49. The van der Waals surface area contributed by atoms with Crippen LogP contribution in [0, 0.1) is 0 Å². The van der Waals surface area contributed by atoms with Gasteiger partial charge in [-0.1, -0.05) is 0 Å². The fourth-order valence-corrected chi connectivity index (χ4v) is 3.94. The molecule has 1 aliphatic heterocycles. The van der Waals surface area contributed by atoms with E-state index in [4.69, 9.17) is 5.10 Å². The maximum atomic E-state index is 12.8. The summed E-state index contributed by atoms with van der Waals surface area (Å²) in [5.41, 5.74) is 1.86. The van der Waals surface area contributed by atoms with Crippen LogP contribution in [-0.2, 0) is 7.05 Å². The Morgan fingerprint density at radius 2 is 1.82 bits per heavy atom. The molecule has 1 aliphatic carbocycles. The maximum Gasteiger partial charge on any atom is 0.263 e. The van der Waals surface area contributed by atoms with E-state index in [1.165, 1.54) is 17.4 Å². The Morgan fingerprint density at radius 3 is 2.57 bits per heavy atom. The van der Waals surface area contributed by atoms with E-state index in [2.05, 4.69) is 10.2 Å². The monoisotopic (exact) mass is 378 g/mol. The third-order valence-electron chi connectivity index (χ3n) is 5.80. The van der Waals surface area contributed by atoms with E-state index in [1.807, 2.05) is 16.6 Å². The second-order valence-corrected chi connectivity index (χ2v) is 7.77. The molecule has 0 radical (unpaired) electrons. The normalized spacial score (nSPS) is 18.0. The maximum absolute atomic E-state index is 12.8. The number of piperidine rings is 1. The Morgan fingerprint density at radius 1 is 1.04 bits per heavy atom. The third-order valence-corrected chi connectivity index (χ3v) is 5.80. The van der Waals surface area contributed by atoms with Crippen molar-refractivity contribution >= 4 is 11.6 Å². The average molecular weight is 378 g/mol. The van der Waals surface area contributed by atoms with Gasteiger partial charge in [0.2, 0.25) is 0 Å². The number of aryl methyl sites for hydroxylation is 1. The van der Waals surface area contributed by atoms with Gasteiger partial charge >= 0.3 is 0 Å². The van der Waals surface area contributed by atoms with Gasteiger partial charge in [0.1, 0.15) is 5.56 Å². The number of likely N-dealkylation sites (tertiary alicyclic amines) is 1. The van der Waals surface area contributed by atoms with Gasteiger partial charge in [0.05, 0.1) is 5.69 Å². The lowest BCUT2D eigenvalue weighted by Gasteiger charge is -2.31. The van der Waals surface area contributed by atoms with Crippen molar-refractivity contribution in [3.8, 4) is 0 Å². The molecule has 0 bridgehead atoms. The Bertz CT molecular complexity index is 1110. The van der Waals surface area contributed by atoms with E-state index in [1.54, 1.807) is 30.3 Å². The first-order valence-corrected chi connectivity index (χ1v) is 9.79. The molecule has 1 saturated carbocycles. The number of carbonyl (C=O) groups excluding carboxylic acids is 1. The fraction of sp³-hybridized carbons (Fsp3) is 0.450. The number of hydrogen-bond acceptors (Lipinski definition) is 5. The standard InChI is InChI=1S/C20H22N6O2/c1-24-10-2-3-15(19(24)27)20(28)25-11-8-14(9-12-25)18-22-21-17-7-6-16(13-4-5-13)23-26(17)18/h2-3,6-7,10,13-14H,4-5,8-9,11-12H2,1H3. The van der Waals surface area contributed by atoms with Crippen LogP contribution in [0.3, 0.4) is 0 Å². The number of rotatable bonds is 3. The van der Waals surface area contributed by atoms with Gasteiger partial charge in [-0.3, -0.25) is 9.59 Å². The lowest BCUT2D eigenvalue weighted by molar-refractivity contribution is 0.0708. The molecule has 0 N–H and O–H groups in total. The quantitative estimate of drug-likeness (QED) is 0.693. The van der Waals surface area contributed by atoms with Crippen molar-refractivity contribution in [1.29, 1.82) is 0 Å². The van der Waals surface area contributed by atoms with Crippen molar-refractivity contribution in [2.45, 2.75) is 37.5 Å². The topological polar surface area (TPSA) is 85.4 Å². The fourth-order valence-electron chi connectivity index (χ4n) is 3.94. The van der Waals surface area contributed by atoms with Gasteiger partial charge in [-0.25, -0.2) is 0 Å². The Labute approximate surface area is 161 Å². The number of amides is 1. The van der Waals surface area contributed by atoms with E-state index in [0.29, 0.717) is 19.0 Å². The van der Waals surface area contributed by atoms with Crippen molar-refractivity contribution < 1.29 is 4.79 Å². The smallest absolute Gasteiger partial charge is 0.263 e. The van der Waals surface area contributed by atoms with Gasteiger partial charge in [-0.05, 0) is 49.9 Å². The molecular weight excluding hydrogens is 356 g/mol. The van der Waals surface area contributed by atoms with Crippen molar-refractivity contribution in [3.05, 3.63) is 57.9 Å². The van der Waals surface area contributed by atoms with Crippen LogP contribution in [0.5, 0.6) is 0 Å². The van der Waals surface area contributed by atoms with Crippen molar-refractivity contribution in [2.24, 2.45) is 7.05 Å². The van der Waals surface area contributed by atoms with Gasteiger partial charge in [0.25, 0.3) is 11.5 Å². The number of carbonyl (C=O) groups is 1. The Kier molecular flexibility index (Phi) is 3.99. The molecule has 3 aromatic heterocycles. The summed E-state index contributed by atoms with van der Waals surface area (Å²) in [6, 6.07) is 7.37. The minimum Gasteiger partial charge on any atom is -0.338 e. The first-order chi connectivity index (χ1) is 13.6. The molecular formula is C20H22N6O2. The second kappa shape index (κ2) is 6.54. The molecule has 1 saturated heterocycles. The minimum absolute atomic E-state index is 0.195. The molecule has 1 amide bonds. The van der Waals surface area contributed by atoms with Crippen LogP contribution in [0.1, 0.15) is 59.4 Å². The zero-order valence-corrected chi connectivity index (χ0v) is 15.8. The number of pyridine rings is 1. The number of aromatic nitrogens is 5. The van der Waals surface area contributed by atoms with Crippen molar-refractivity contribution in [2.75, 3.05) is 13.1 Å². The number of hydrogen-bond donors (Lipinski definition) is 0. The summed E-state index contributed by atoms with van der Waals surface area (Å²) in [6.45, 7) is 1.19. The molecule has 8 nitrogen and oxygen atoms in total. The summed E-state index contributed by atoms with van der Waals surface area (Å²) in [6.07, 6.45) is 5.64. The van der Waals surface area contributed by atoms with Crippen LogP contribution in [0.2, 0.25) is 0 Å². The van der Waals surface area contributed by atoms with Crippen LogP contribution in [0.4, 0.5) is 0 Å². The van der Waals surface area contributed by atoms with Gasteiger partial charge in [-0.2, -0.15) is 9.61 Å². The molecule has 2 aliphatic rings. The highest BCUT2D eigenvalue weighted by Crippen LogP contribution is 2.39. The summed E-state index contributed by atoms with van der Waals surface area (Å²) in [5, 5.41) is 13.4. The summed E-state index contributed by atoms with van der Waals surface area (Å²) in [4.78, 5) is 26.8. The minimum atomic E-state index is -0.255. The Hall–Kier alpha value is -3.03. The van der Waals surface area contributed by atoms with Gasteiger partial charge in [-0.15, -0.1) is 10.2 Å². The predicted molar refractivity (Wildman–Crippen MR) is 102 cm³/mol. The highest BCUT2D eigenvalue weighted by atomic mass is 16.2. The second-order valence-electron chi connectivity index (χ2n) is 7.77. The van der Waals surface area contributed by atoms with Crippen LogP contribution in [0.15, 0.2) is 35.3 Å². The van der Waals surface area contributed by atoms with E-state index in [-0.39, 0.29) is 22.9 Å². The summed E-state index contributed by atoms with van der Waals surface area (Å²) >= 11 is 0. The Balaban J connectivity index is 1.34. The first-order valence-electron chi connectivity index (χ1n) is 9.79. The number of fused-ring (bicyclic) bond motifs is 1. The van der Waals surface area contributed by atoms with Crippen molar-refractivity contribution in [1.82, 2.24) is 29.3 Å². The zero-order chi connectivity index (χ0) is 19.3. The van der Waals surface area contributed by atoms with E-state index in [0.717, 1.165) is 30.0 Å². The third kappa shape index (κ3) is 2.89. The lowest BCUT2D eigenvalue weighted by Crippen LogP contribution is -2.41. The molecule has 4 heterocycles. The van der Waals surface area contributed by atoms with Crippen LogP contribution < -0.4 is 5.56 Å². The summed E-state index contributed by atoms with van der Waals surface area (Å²) in [5.74, 6) is 1.47. The van der Waals surface area contributed by atoms with E-state index in [9.17, 15) is 9.59 Å². The molecule has 5 rings (SSSR count). The molecule has 144 valence electrons. The molecule has 2 fully saturated rings. The van der Waals surface area contributed by atoms with Crippen LogP contribution >= 0.6 is 0 Å². The van der Waals surface area contributed by atoms with Gasteiger partial charge in [0, 0.05) is 38.2 Å². The molecule has 0 atom stereocenters. The number of nitrogens with zero attached hydrogens (tertiary/aromatic N) is 6.